The van der Waals surface area contributed by atoms with Gasteiger partial charge in [0.25, 0.3) is 0 Å². The zero-order valence-electron chi connectivity index (χ0n) is 10.5. The van der Waals surface area contributed by atoms with E-state index in [0.29, 0.717) is 0 Å². The number of hydrogen-bond acceptors (Lipinski definition) is 2. The molecule has 0 aromatic heterocycles. The molecule has 2 atom stereocenters. The number of alkyl halides is 1. The Hall–Kier alpha value is -0.540. The zero-order chi connectivity index (χ0) is 12.5. The lowest BCUT2D eigenvalue weighted by molar-refractivity contribution is 0.179. The predicted octanol–water partition coefficient (Wildman–Crippen LogP) is 3.44. The molecule has 0 amide bonds. The fourth-order valence-electron chi connectivity index (χ4n) is 1.96. The van der Waals surface area contributed by atoms with Crippen LogP contribution in [0.4, 0.5) is 0 Å². The fraction of sp³-hybridized carbons (Fsp3) is 0.538. The number of rotatable bonds is 3. The smallest absolute Gasteiger partial charge is 0.122 e. The molecule has 0 spiro atoms. The number of ether oxygens (including phenoxy) is 1. The van der Waals surface area contributed by atoms with E-state index in [2.05, 4.69) is 15.9 Å². The van der Waals surface area contributed by atoms with Gasteiger partial charge in [0.1, 0.15) is 5.75 Å². The minimum Gasteiger partial charge on any atom is -0.496 e. The van der Waals surface area contributed by atoms with Crippen molar-refractivity contribution < 1.29 is 9.84 Å². The first-order valence-electron chi connectivity index (χ1n) is 5.37. The van der Waals surface area contributed by atoms with Gasteiger partial charge in [-0.05, 0) is 56.0 Å². The summed E-state index contributed by atoms with van der Waals surface area (Å²) in [5, 5.41) is 10.2. The maximum Gasteiger partial charge on any atom is 0.122 e. The highest BCUT2D eigenvalue weighted by Crippen LogP contribution is 2.34. The second-order valence-corrected chi connectivity index (χ2v) is 5.63. The highest BCUT2D eigenvalue weighted by atomic mass is 79.9. The molecule has 0 saturated heterocycles. The van der Waals surface area contributed by atoms with Crippen LogP contribution in [-0.4, -0.2) is 17.0 Å². The van der Waals surface area contributed by atoms with E-state index in [1.54, 1.807) is 7.11 Å². The second-order valence-electron chi connectivity index (χ2n) is 4.18. The first-order valence-corrected chi connectivity index (χ1v) is 6.28. The van der Waals surface area contributed by atoms with Gasteiger partial charge in [-0.1, -0.05) is 15.9 Å². The SMILES string of the molecule is COc1cc(C)c(C(O)C(C)Br)c(C)c1C. The monoisotopic (exact) mass is 286 g/mol. The van der Waals surface area contributed by atoms with Crippen LogP contribution in [-0.2, 0) is 0 Å². The molecule has 2 nitrogen and oxygen atoms in total. The third kappa shape index (κ3) is 2.41. The quantitative estimate of drug-likeness (QED) is 0.863. The Kier molecular flexibility index (Phi) is 4.39. The lowest BCUT2D eigenvalue weighted by Crippen LogP contribution is -2.12. The lowest BCUT2D eigenvalue weighted by atomic mass is 9.92. The van der Waals surface area contributed by atoms with Crippen LogP contribution in [0.15, 0.2) is 6.07 Å². The number of aliphatic hydroxyl groups excluding tert-OH is 1. The molecule has 1 aromatic rings. The number of benzene rings is 1. The summed E-state index contributed by atoms with van der Waals surface area (Å²) < 4.78 is 5.31. The van der Waals surface area contributed by atoms with Crippen LogP contribution >= 0.6 is 15.9 Å². The van der Waals surface area contributed by atoms with E-state index in [9.17, 15) is 5.11 Å². The molecule has 0 aliphatic heterocycles. The van der Waals surface area contributed by atoms with Gasteiger partial charge >= 0.3 is 0 Å². The molecule has 0 aliphatic rings. The van der Waals surface area contributed by atoms with E-state index >= 15 is 0 Å². The van der Waals surface area contributed by atoms with Gasteiger partial charge in [-0.25, -0.2) is 0 Å². The maximum atomic E-state index is 10.2. The van der Waals surface area contributed by atoms with Crippen LogP contribution in [0.3, 0.4) is 0 Å². The van der Waals surface area contributed by atoms with Crippen molar-refractivity contribution in [1.29, 1.82) is 0 Å². The topological polar surface area (TPSA) is 29.5 Å². The molecule has 0 heterocycles. The van der Waals surface area contributed by atoms with E-state index in [1.165, 1.54) is 0 Å². The zero-order valence-corrected chi connectivity index (χ0v) is 12.1. The van der Waals surface area contributed by atoms with Crippen LogP contribution < -0.4 is 4.74 Å². The number of methoxy groups -OCH3 is 1. The van der Waals surface area contributed by atoms with Gasteiger partial charge in [0, 0.05) is 4.83 Å². The first-order chi connectivity index (χ1) is 7.40. The number of halogens is 1. The normalized spacial score (nSPS) is 14.7. The van der Waals surface area contributed by atoms with E-state index in [1.807, 2.05) is 33.8 Å². The van der Waals surface area contributed by atoms with E-state index in [-0.39, 0.29) is 4.83 Å². The molecular formula is C13H19BrO2. The van der Waals surface area contributed by atoms with Crippen LogP contribution in [0.25, 0.3) is 0 Å². The van der Waals surface area contributed by atoms with E-state index < -0.39 is 6.10 Å². The van der Waals surface area contributed by atoms with Crippen molar-refractivity contribution in [3.05, 3.63) is 28.3 Å². The van der Waals surface area contributed by atoms with Crippen molar-refractivity contribution in [2.24, 2.45) is 0 Å². The van der Waals surface area contributed by atoms with Crippen molar-refractivity contribution in [1.82, 2.24) is 0 Å². The third-order valence-electron chi connectivity index (χ3n) is 3.06. The molecule has 3 heteroatoms. The minimum atomic E-state index is -0.482. The summed E-state index contributed by atoms with van der Waals surface area (Å²) in [6.45, 7) is 7.99. The van der Waals surface area contributed by atoms with Gasteiger partial charge in [0.15, 0.2) is 0 Å². The molecule has 0 aliphatic carbocycles. The summed E-state index contributed by atoms with van der Waals surface area (Å²) in [4.78, 5) is 0.0395. The summed E-state index contributed by atoms with van der Waals surface area (Å²) >= 11 is 3.42. The molecule has 1 N–H and O–H groups in total. The summed E-state index contributed by atoms with van der Waals surface area (Å²) in [7, 11) is 1.67. The Morgan fingerprint density at radius 1 is 1.25 bits per heavy atom. The van der Waals surface area contributed by atoms with Gasteiger partial charge in [0.2, 0.25) is 0 Å². The fourth-order valence-corrected chi connectivity index (χ4v) is 2.23. The predicted molar refractivity (Wildman–Crippen MR) is 70.6 cm³/mol. The molecule has 90 valence electrons. The average Bonchev–Trinajstić information content (AvgIpc) is 2.23. The Labute approximate surface area is 106 Å². The van der Waals surface area contributed by atoms with Gasteiger partial charge in [-0.2, -0.15) is 0 Å². The van der Waals surface area contributed by atoms with Crippen LogP contribution in [0.1, 0.15) is 35.3 Å². The highest BCUT2D eigenvalue weighted by Gasteiger charge is 2.20. The maximum absolute atomic E-state index is 10.2. The van der Waals surface area contributed by atoms with E-state index in [0.717, 1.165) is 28.0 Å². The van der Waals surface area contributed by atoms with Crippen molar-refractivity contribution in [3.8, 4) is 5.75 Å². The summed E-state index contributed by atoms with van der Waals surface area (Å²) in [6.07, 6.45) is -0.482. The molecule has 2 unspecified atom stereocenters. The third-order valence-corrected chi connectivity index (χ3v) is 3.56. The molecule has 0 fully saturated rings. The summed E-state index contributed by atoms with van der Waals surface area (Å²) in [6, 6.07) is 1.98. The number of aryl methyl sites for hydroxylation is 1. The Balaban J connectivity index is 3.36. The Morgan fingerprint density at radius 3 is 2.25 bits per heavy atom. The first kappa shape index (κ1) is 13.5. The van der Waals surface area contributed by atoms with Gasteiger partial charge in [-0.3, -0.25) is 0 Å². The van der Waals surface area contributed by atoms with Gasteiger partial charge in [-0.15, -0.1) is 0 Å². The molecule has 0 bridgehead atoms. The lowest BCUT2D eigenvalue weighted by Gasteiger charge is -2.21. The van der Waals surface area contributed by atoms with Crippen LogP contribution in [0, 0.1) is 20.8 Å². The van der Waals surface area contributed by atoms with Crippen LogP contribution in [0.5, 0.6) is 5.75 Å². The van der Waals surface area contributed by atoms with Crippen molar-refractivity contribution in [2.75, 3.05) is 7.11 Å². The van der Waals surface area contributed by atoms with Crippen molar-refractivity contribution >= 4 is 15.9 Å². The second kappa shape index (κ2) is 5.19. The van der Waals surface area contributed by atoms with Crippen molar-refractivity contribution in [2.45, 2.75) is 38.6 Å². The minimum absolute atomic E-state index is 0.0395. The van der Waals surface area contributed by atoms with E-state index in [4.69, 9.17) is 4.74 Å². The van der Waals surface area contributed by atoms with Crippen LogP contribution in [0.2, 0.25) is 0 Å². The number of aliphatic hydroxyl groups is 1. The largest absolute Gasteiger partial charge is 0.496 e. The Morgan fingerprint density at radius 2 is 1.81 bits per heavy atom. The highest BCUT2D eigenvalue weighted by molar-refractivity contribution is 9.09. The molecule has 0 saturated carbocycles. The molecule has 0 radical (unpaired) electrons. The number of hydrogen-bond donors (Lipinski definition) is 1. The molecule has 1 rings (SSSR count). The standard InChI is InChI=1S/C13H19BrO2/c1-7-6-11(16-5)8(2)9(3)12(7)13(15)10(4)14/h6,10,13,15H,1-5H3. The van der Waals surface area contributed by atoms with Gasteiger partial charge < -0.3 is 9.84 Å². The molecule has 1 aromatic carbocycles. The molecular weight excluding hydrogens is 268 g/mol. The molecule has 16 heavy (non-hydrogen) atoms. The Bertz CT molecular complexity index is 386. The van der Waals surface area contributed by atoms with Gasteiger partial charge in [0.05, 0.1) is 13.2 Å². The summed E-state index contributed by atoms with van der Waals surface area (Å²) in [5.41, 5.74) is 4.27. The average molecular weight is 287 g/mol. The summed E-state index contributed by atoms with van der Waals surface area (Å²) in [5.74, 6) is 0.883. The van der Waals surface area contributed by atoms with Crippen molar-refractivity contribution in [3.63, 3.8) is 0 Å².